The molecule has 1 nitrogen and oxygen atoms in total. The average molecular weight is 369 g/mol. The van der Waals surface area contributed by atoms with E-state index in [9.17, 15) is 0 Å². The molecule has 0 spiro atoms. The van der Waals surface area contributed by atoms with Gasteiger partial charge < -0.3 is 4.90 Å². The van der Waals surface area contributed by atoms with E-state index in [-0.39, 0.29) is 17.1 Å². The summed E-state index contributed by atoms with van der Waals surface area (Å²) in [5.41, 5.74) is 4.07. The van der Waals surface area contributed by atoms with Crippen LogP contribution >= 0.6 is 0 Å². The first-order valence-electron chi connectivity index (χ1n) is 8.30. The topological polar surface area (TPSA) is 3.24 Å². The number of benzene rings is 2. The normalized spacial score (nSPS) is 10.2. The summed E-state index contributed by atoms with van der Waals surface area (Å²) in [5.74, 6) is 0. The number of hydrogen-bond donors (Lipinski definition) is 0. The van der Waals surface area contributed by atoms with Gasteiger partial charge in [0.1, 0.15) is 0 Å². The fourth-order valence-electron chi connectivity index (χ4n) is 2.99. The van der Waals surface area contributed by atoms with Crippen molar-refractivity contribution in [2.24, 2.45) is 0 Å². The molecule has 0 heterocycles. The zero-order valence-electron chi connectivity index (χ0n) is 14.7. The molecule has 0 aliphatic heterocycles. The first-order chi connectivity index (χ1) is 11.8. The molecule has 0 N–H and O–H groups in total. The second-order valence-electron chi connectivity index (χ2n) is 6.19. The molecule has 4 aromatic rings. The maximum Gasteiger partial charge on any atom is 2.00 e. The smallest absolute Gasteiger partial charge is 0.312 e. The Hall–Kier alpha value is -2.12. The van der Waals surface area contributed by atoms with Gasteiger partial charge in [-0.2, -0.15) is 30.3 Å². The minimum atomic E-state index is 0. The fourth-order valence-corrected chi connectivity index (χ4v) is 2.99. The maximum absolute atomic E-state index is 2.25. The Labute approximate surface area is 161 Å². The molecule has 0 amide bonds. The molecule has 0 aliphatic carbocycles. The van der Waals surface area contributed by atoms with Crippen molar-refractivity contribution in [1.29, 1.82) is 0 Å². The molecule has 0 atom stereocenters. The van der Waals surface area contributed by atoms with Crippen molar-refractivity contribution in [2.75, 3.05) is 14.1 Å². The zero-order chi connectivity index (χ0) is 16.8. The molecular weight excluding hydrogens is 346 g/mol. The minimum absolute atomic E-state index is 0. The molecule has 25 heavy (non-hydrogen) atoms. The van der Waals surface area contributed by atoms with Crippen molar-refractivity contribution in [3.8, 4) is 11.1 Å². The number of nitrogens with zero attached hydrogens (tertiary/aromatic N) is 1. The van der Waals surface area contributed by atoms with Crippen LogP contribution in [0.15, 0.2) is 91.0 Å². The molecule has 0 saturated carbocycles. The molecule has 4 aromatic carbocycles. The van der Waals surface area contributed by atoms with Gasteiger partial charge in [0.05, 0.1) is 0 Å². The summed E-state index contributed by atoms with van der Waals surface area (Å²) in [7, 11) is 4.23. The zero-order valence-corrected chi connectivity index (χ0v) is 15.8. The number of rotatable bonds is 3. The van der Waals surface area contributed by atoms with Gasteiger partial charge in [-0.05, 0) is 20.6 Å². The molecule has 0 aromatic heterocycles. The van der Waals surface area contributed by atoms with Gasteiger partial charge in [0, 0.05) is 0 Å². The summed E-state index contributed by atoms with van der Waals surface area (Å²) in [6.45, 7) is 0.964. The molecule has 0 radical (unpaired) electrons. The van der Waals surface area contributed by atoms with Gasteiger partial charge in [-0.25, -0.2) is 12.1 Å². The molecule has 4 rings (SSSR count). The fraction of sp³-hybridized carbons (Fsp3) is 0.130. The Morgan fingerprint density at radius 2 is 1.52 bits per heavy atom. The van der Waals surface area contributed by atoms with Gasteiger partial charge in [-0.1, -0.05) is 58.3 Å². The van der Waals surface area contributed by atoms with Crippen LogP contribution in [0.2, 0.25) is 0 Å². The van der Waals surface area contributed by atoms with Crippen molar-refractivity contribution in [3.63, 3.8) is 0 Å². The maximum atomic E-state index is 2.25. The predicted molar refractivity (Wildman–Crippen MR) is 104 cm³/mol. The first-order valence-corrected chi connectivity index (χ1v) is 8.30. The van der Waals surface area contributed by atoms with Gasteiger partial charge in [-0.15, -0.1) is 17.7 Å². The van der Waals surface area contributed by atoms with Gasteiger partial charge in [0.25, 0.3) is 0 Å². The van der Waals surface area contributed by atoms with Crippen molar-refractivity contribution in [2.45, 2.75) is 6.54 Å². The van der Waals surface area contributed by atoms with Gasteiger partial charge in [0.2, 0.25) is 0 Å². The van der Waals surface area contributed by atoms with Crippen LogP contribution in [-0.4, -0.2) is 19.0 Å². The van der Waals surface area contributed by atoms with E-state index in [1.165, 1.54) is 27.5 Å². The second-order valence-corrected chi connectivity index (χ2v) is 6.19. The Morgan fingerprint density at radius 1 is 0.840 bits per heavy atom. The predicted octanol–water partition coefficient (Wildman–Crippen LogP) is 5.69. The van der Waals surface area contributed by atoms with E-state index in [1.807, 2.05) is 30.3 Å². The summed E-state index contributed by atoms with van der Waals surface area (Å²) in [4.78, 5) is 2.22. The monoisotopic (exact) mass is 369 g/mol. The van der Waals surface area contributed by atoms with Crippen molar-refractivity contribution >= 4 is 10.8 Å². The molecule has 0 unspecified atom stereocenters. The quantitative estimate of drug-likeness (QED) is 0.331. The third-order valence-electron chi connectivity index (χ3n) is 4.01. The summed E-state index contributed by atoms with van der Waals surface area (Å²) in [6.07, 6.45) is 0. The molecule has 0 saturated heterocycles. The van der Waals surface area contributed by atoms with E-state index in [0.29, 0.717) is 0 Å². The Kier molecular flexibility index (Phi) is 7.21. The van der Waals surface area contributed by atoms with Crippen LogP contribution in [0.1, 0.15) is 5.56 Å². The van der Waals surface area contributed by atoms with E-state index in [2.05, 4.69) is 79.7 Å². The van der Waals surface area contributed by atoms with E-state index in [1.54, 1.807) is 0 Å². The Morgan fingerprint density at radius 3 is 2.12 bits per heavy atom. The first kappa shape index (κ1) is 19.2. The average Bonchev–Trinajstić information content (AvgIpc) is 3.30. The van der Waals surface area contributed by atoms with Crippen molar-refractivity contribution in [3.05, 3.63) is 96.6 Å². The van der Waals surface area contributed by atoms with Crippen LogP contribution in [0.5, 0.6) is 0 Å². The van der Waals surface area contributed by atoms with Gasteiger partial charge >= 0.3 is 17.1 Å². The van der Waals surface area contributed by atoms with E-state index in [4.69, 9.17) is 0 Å². The number of fused-ring (bicyclic) bond motifs is 1. The van der Waals surface area contributed by atoms with E-state index in [0.717, 1.165) is 6.54 Å². The van der Waals surface area contributed by atoms with Crippen LogP contribution in [0.4, 0.5) is 0 Å². The summed E-state index contributed by atoms with van der Waals surface area (Å²) >= 11 is 0. The van der Waals surface area contributed by atoms with Crippen LogP contribution in [0.25, 0.3) is 21.9 Å². The molecule has 0 bridgehead atoms. The Bertz CT molecular complexity index is 841. The van der Waals surface area contributed by atoms with E-state index >= 15 is 0 Å². The largest absolute Gasteiger partial charge is 2.00 e. The van der Waals surface area contributed by atoms with Crippen LogP contribution in [-0.2, 0) is 23.6 Å². The Balaban J connectivity index is 0.000000325. The SMILES string of the molecule is CN(C)Cc1ccc2ccccc2c1-[c-]1cccc1.[Fe+2].c1cc[cH-]c1. The molecule has 0 aliphatic rings. The van der Waals surface area contributed by atoms with Gasteiger partial charge in [-0.3, -0.25) is 0 Å². The van der Waals surface area contributed by atoms with Crippen molar-refractivity contribution in [1.82, 2.24) is 4.90 Å². The standard InChI is InChI=1S/C18H18N.C5H5.Fe/c1-19(2)13-16-12-11-14-7-5-6-10-17(14)18(16)15-8-3-4-9-15;1-2-4-5-3-1;/h3-12H,13H2,1-2H3;1-5H;/q2*-1;+2. The van der Waals surface area contributed by atoms with Crippen LogP contribution in [0.3, 0.4) is 0 Å². The molecule has 128 valence electrons. The molecule has 2 heteroatoms. The third-order valence-corrected chi connectivity index (χ3v) is 4.01. The van der Waals surface area contributed by atoms with Crippen LogP contribution in [0, 0.1) is 0 Å². The minimum Gasteiger partial charge on any atom is -0.312 e. The summed E-state index contributed by atoms with van der Waals surface area (Å²) in [6, 6.07) is 31.7. The summed E-state index contributed by atoms with van der Waals surface area (Å²) in [5, 5.41) is 2.65. The van der Waals surface area contributed by atoms with Crippen molar-refractivity contribution < 1.29 is 17.1 Å². The number of hydrogen-bond acceptors (Lipinski definition) is 1. The second kappa shape index (κ2) is 9.39. The third kappa shape index (κ3) is 4.93. The van der Waals surface area contributed by atoms with Gasteiger partial charge in [0.15, 0.2) is 0 Å². The van der Waals surface area contributed by atoms with E-state index < -0.39 is 0 Å². The summed E-state index contributed by atoms with van der Waals surface area (Å²) < 4.78 is 0. The molecular formula is C23H23FeN. The molecule has 0 fully saturated rings. The van der Waals surface area contributed by atoms with Crippen LogP contribution < -0.4 is 0 Å².